The average molecular weight is 496 g/mol. The first-order valence-electron chi connectivity index (χ1n) is 10.7. The van der Waals surface area contributed by atoms with Crippen LogP contribution in [0.25, 0.3) is 27.8 Å². The van der Waals surface area contributed by atoms with Gasteiger partial charge in [-0.05, 0) is 30.0 Å². The third-order valence-electron chi connectivity index (χ3n) is 5.18. The fourth-order valence-electron chi connectivity index (χ4n) is 3.60. The maximum Gasteiger partial charge on any atom is 0.417 e. The van der Waals surface area contributed by atoms with Crippen LogP contribution in [-0.4, -0.2) is 4.98 Å². The van der Waals surface area contributed by atoms with E-state index < -0.39 is 17.4 Å². The van der Waals surface area contributed by atoms with Gasteiger partial charge in [-0.25, -0.2) is 9.78 Å². The van der Waals surface area contributed by atoms with E-state index >= 15 is 0 Å². The van der Waals surface area contributed by atoms with Gasteiger partial charge in [0, 0.05) is 40.3 Å². The minimum Gasteiger partial charge on any atom is -0.423 e. The Bertz CT molecular complexity index is 1490. The fraction of sp³-hybridized carbons (Fsp3) is 0.192. The number of thiazole rings is 1. The van der Waals surface area contributed by atoms with Gasteiger partial charge in [-0.3, -0.25) is 0 Å². The molecule has 0 aliphatic rings. The predicted molar refractivity (Wildman–Crippen MR) is 131 cm³/mol. The van der Waals surface area contributed by atoms with E-state index in [1.807, 2.05) is 17.5 Å². The monoisotopic (exact) mass is 495 g/mol. The van der Waals surface area contributed by atoms with Crippen molar-refractivity contribution >= 4 is 33.6 Å². The fourth-order valence-corrected chi connectivity index (χ4v) is 4.39. The molecular formula is C26H20F3N3O2S. The van der Waals surface area contributed by atoms with Gasteiger partial charge >= 0.3 is 11.8 Å². The number of benzene rings is 2. The molecule has 1 N–H and O–H groups in total. The second-order valence-electron chi connectivity index (χ2n) is 8.33. The van der Waals surface area contributed by atoms with Gasteiger partial charge in [0.2, 0.25) is 0 Å². The summed E-state index contributed by atoms with van der Waals surface area (Å²) in [5.74, 6) is 0.563. The first-order valence-corrected chi connectivity index (χ1v) is 11.6. The maximum absolute atomic E-state index is 13.2. The molecule has 0 radical (unpaired) electrons. The van der Waals surface area contributed by atoms with Gasteiger partial charge in [-0.2, -0.15) is 18.4 Å². The molecule has 2 heterocycles. The van der Waals surface area contributed by atoms with E-state index in [0.717, 1.165) is 17.7 Å². The first kappa shape index (κ1) is 24.2. The number of anilines is 1. The third kappa shape index (κ3) is 5.61. The number of alkyl halides is 3. The van der Waals surface area contributed by atoms with E-state index in [1.54, 1.807) is 0 Å². The molecule has 0 spiro atoms. The summed E-state index contributed by atoms with van der Waals surface area (Å²) >= 11 is 1.31. The quantitative estimate of drug-likeness (QED) is 0.228. The van der Waals surface area contributed by atoms with Crippen molar-refractivity contribution in [3.8, 4) is 17.3 Å². The van der Waals surface area contributed by atoms with E-state index in [-0.39, 0.29) is 16.5 Å². The number of aromatic nitrogens is 1. The standard InChI is InChI=1S/C26H20F3N3O2S/c1-15(2)9-16-3-5-17(6-4-16)22-14-35-25(32-22)18(12-30)13-31-19-7-8-20-21(26(27,28)29)11-24(33)34-23(20)10-19/h3-8,10-11,13-15,31H,9H2,1-2H3. The lowest BCUT2D eigenvalue weighted by Gasteiger charge is -2.10. The van der Waals surface area contributed by atoms with E-state index in [9.17, 15) is 23.2 Å². The number of nitrogens with one attached hydrogen (secondary N) is 1. The van der Waals surface area contributed by atoms with Crippen LogP contribution in [0.15, 0.2) is 69.3 Å². The number of nitrogens with zero attached hydrogens (tertiary/aromatic N) is 2. The van der Waals surface area contributed by atoms with Crippen molar-refractivity contribution < 1.29 is 17.6 Å². The normalized spacial score (nSPS) is 12.2. The Morgan fingerprint density at radius 1 is 1.20 bits per heavy atom. The van der Waals surface area contributed by atoms with Gasteiger partial charge in [0.15, 0.2) is 0 Å². The number of hydrogen-bond donors (Lipinski definition) is 1. The Labute approximate surface area is 203 Å². The van der Waals surface area contributed by atoms with E-state index in [2.05, 4.69) is 42.4 Å². The van der Waals surface area contributed by atoms with Gasteiger partial charge in [0.05, 0.1) is 11.3 Å². The molecule has 178 valence electrons. The smallest absolute Gasteiger partial charge is 0.417 e. The molecule has 35 heavy (non-hydrogen) atoms. The van der Waals surface area contributed by atoms with Crippen LogP contribution in [0.5, 0.6) is 0 Å². The molecule has 0 aliphatic carbocycles. The van der Waals surface area contributed by atoms with Gasteiger partial charge in [0.1, 0.15) is 22.2 Å². The molecule has 0 amide bonds. The molecule has 5 nitrogen and oxygen atoms in total. The lowest BCUT2D eigenvalue weighted by molar-refractivity contribution is -0.136. The highest BCUT2D eigenvalue weighted by molar-refractivity contribution is 7.11. The Kier molecular flexibility index (Phi) is 6.76. The molecular weight excluding hydrogens is 475 g/mol. The number of fused-ring (bicyclic) bond motifs is 1. The highest BCUT2D eigenvalue weighted by Crippen LogP contribution is 2.34. The number of nitriles is 1. The topological polar surface area (TPSA) is 78.9 Å². The number of rotatable bonds is 6. The Morgan fingerprint density at radius 2 is 1.94 bits per heavy atom. The molecule has 0 atom stereocenters. The second kappa shape index (κ2) is 9.76. The summed E-state index contributed by atoms with van der Waals surface area (Å²) in [5.41, 5.74) is 1.17. The zero-order valence-electron chi connectivity index (χ0n) is 18.8. The van der Waals surface area contributed by atoms with Crippen molar-refractivity contribution in [1.82, 2.24) is 4.98 Å². The maximum atomic E-state index is 13.2. The van der Waals surface area contributed by atoms with Crippen LogP contribution in [0.1, 0.15) is 30.0 Å². The molecule has 2 aromatic carbocycles. The minimum absolute atomic E-state index is 0.209. The van der Waals surface area contributed by atoms with Crippen LogP contribution < -0.4 is 10.9 Å². The van der Waals surface area contributed by atoms with Crippen molar-refractivity contribution in [3.63, 3.8) is 0 Å². The molecule has 0 saturated carbocycles. The molecule has 0 unspecified atom stereocenters. The Morgan fingerprint density at radius 3 is 2.60 bits per heavy atom. The number of halogens is 3. The molecule has 2 aromatic heterocycles. The molecule has 4 rings (SSSR count). The highest BCUT2D eigenvalue weighted by atomic mass is 32.1. The summed E-state index contributed by atoms with van der Waals surface area (Å²) in [5, 5.41) is 14.6. The van der Waals surface area contributed by atoms with Crippen molar-refractivity contribution in [2.24, 2.45) is 5.92 Å². The molecule has 0 aliphatic heterocycles. The van der Waals surface area contributed by atoms with Gasteiger partial charge in [0.25, 0.3) is 0 Å². The summed E-state index contributed by atoms with van der Waals surface area (Å²) in [6.07, 6.45) is -2.28. The van der Waals surface area contributed by atoms with Crippen molar-refractivity contribution in [1.29, 1.82) is 5.26 Å². The summed E-state index contributed by atoms with van der Waals surface area (Å²) in [6.45, 7) is 4.33. The second-order valence-corrected chi connectivity index (χ2v) is 9.19. The van der Waals surface area contributed by atoms with Gasteiger partial charge in [-0.1, -0.05) is 38.1 Å². The Balaban J connectivity index is 1.57. The molecule has 0 saturated heterocycles. The number of hydrogen-bond acceptors (Lipinski definition) is 6. The van der Waals surface area contributed by atoms with Crippen LogP contribution in [-0.2, 0) is 12.6 Å². The third-order valence-corrected chi connectivity index (χ3v) is 6.06. The Hall–Kier alpha value is -3.90. The lowest BCUT2D eigenvalue weighted by atomic mass is 10.0. The van der Waals surface area contributed by atoms with E-state index in [0.29, 0.717) is 22.7 Å². The zero-order valence-corrected chi connectivity index (χ0v) is 19.6. The summed E-state index contributed by atoms with van der Waals surface area (Å²) in [6, 6.07) is 14.6. The van der Waals surface area contributed by atoms with Gasteiger partial charge < -0.3 is 9.73 Å². The largest absolute Gasteiger partial charge is 0.423 e. The van der Waals surface area contributed by atoms with Crippen LogP contribution in [0.3, 0.4) is 0 Å². The van der Waals surface area contributed by atoms with Gasteiger partial charge in [-0.15, -0.1) is 11.3 Å². The highest BCUT2D eigenvalue weighted by Gasteiger charge is 2.33. The SMILES string of the molecule is CC(C)Cc1ccc(-c2csc(C(C#N)=CNc3ccc4c(C(F)(F)F)cc(=O)oc4c3)n2)cc1. The van der Waals surface area contributed by atoms with Crippen LogP contribution in [0, 0.1) is 17.2 Å². The summed E-state index contributed by atoms with van der Waals surface area (Å²) < 4.78 is 44.6. The predicted octanol–water partition coefficient (Wildman–Crippen LogP) is 7.11. The van der Waals surface area contributed by atoms with Crippen LogP contribution in [0.2, 0.25) is 0 Å². The minimum atomic E-state index is -4.69. The summed E-state index contributed by atoms with van der Waals surface area (Å²) in [4.78, 5) is 16.2. The number of allylic oxidation sites excluding steroid dienone is 1. The molecule has 0 bridgehead atoms. The molecule has 4 aromatic rings. The van der Waals surface area contributed by atoms with Crippen molar-refractivity contribution in [2.75, 3.05) is 5.32 Å². The summed E-state index contributed by atoms with van der Waals surface area (Å²) in [7, 11) is 0. The first-order chi connectivity index (χ1) is 16.6. The van der Waals surface area contributed by atoms with Crippen molar-refractivity contribution in [2.45, 2.75) is 26.4 Å². The average Bonchev–Trinajstić information content (AvgIpc) is 3.28. The molecule has 0 fully saturated rings. The zero-order chi connectivity index (χ0) is 25.2. The lowest BCUT2D eigenvalue weighted by Crippen LogP contribution is -2.11. The van der Waals surface area contributed by atoms with Crippen LogP contribution >= 0.6 is 11.3 Å². The van der Waals surface area contributed by atoms with E-state index in [4.69, 9.17) is 4.42 Å². The van der Waals surface area contributed by atoms with E-state index in [1.165, 1.54) is 41.3 Å². The molecule has 9 heteroatoms. The van der Waals surface area contributed by atoms with Crippen LogP contribution in [0.4, 0.5) is 18.9 Å². The van der Waals surface area contributed by atoms with Crippen molar-refractivity contribution in [3.05, 3.63) is 86.7 Å².